The number of hydrogen-bond donors (Lipinski definition) is 1. The molecule has 18 heavy (non-hydrogen) atoms. The topological polar surface area (TPSA) is 30.5 Å². The Morgan fingerprint density at radius 1 is 0.889 bits per heavy atom. The van der Waals surface area contributed by atoms with Crippen LogP contribution >= 0.6 is 0 Å². The third kappa shape index (κ3) is 12.3. The van der Waals surface area contributed by atoms with Crippen molar-refractivity contribution in [1.82, 2.24) is 5.32 Å². The quantitative estimate of drug-likeness (QED) is 0.485. The molecule has 0 aliphatic rings. The summed E-state index contributed by atoms with van der Waals surface area (Å²) in [6.45, 7) is 4.51. The molecule has 1 atom stereocenters. The SMILES string of the molecule is CCCCCCCCC(CCOCCOC)NC. The molecule has 0 radical (unpaired) electrons. The first kappa shape index (κ1) is 17.9. The van der Waals surface area contributed by atoms with Crippen LogP contribution in [-0.2, 0) is 9.47 Å². The van der Waals surface area contributed by atoms with E-state index >= 15 is 0 Å². The first-order chi connectivity index (χ1) is 8.85. The summed E-state index contributed by atoms with van der Waals surface area (Å²) < 4.78 is 10.4. The summed E-state index contributed by atoms with van der Waals surface area (Å²) in [5.74, 6) is 0. The third-order valence-corrected chi connectivity index (χ3v) is 3.36. The van der Waals surface area contributed by atoms with Crippen LogP contribution in [-0.4, -0.2) is 40.0 Å². The van der Waals surface area contributed by atoms with E-state index in [1.54, 1.807) is 7.11 Å². The van der Waals surface area contributed by atoms with Crippen LogP contribution in [0, 0.1) is 0 Å². The summed E-state index contributed by atoms with van der Waals surface area (Å²) in [5, 5.41) is 3.38. The highest BCUT2D eigenvalue weighted by Crippen LogP contribution is 2.10. The van der Waals surface area contributed by atoms with Crippen molar-refractivity contribution in [2.45, 2.75) is 64.3 Å². The van der Waals surface area contributed by atoms with Crippen LogP contribution in [0.3, 0.4) is 0 Å². The molecule has 0 aromatic heterocycles. The molecular weight excluding hydrogens is 226 g/mol. The maximum absolute atomic E-state index is 5.50. The second kappa shape index (κ2) is 14.9. The fourth-order valence-electron chi connectivity index (χ4n) is 2.07. The number of ether oxygens (including phenoxy) is 2. The second-order valence-electron chi connectivity index (χ2n) is 4.94. The lowest BCUT2D eigenvalue weighted by Crippen LogP contribution is -2.26. The molecule has 110 valence electrons. The van der Waals surface area contributed by atoms with Gasteiger partial charge in [-0.05, 0) is 19.9 Å². The Bertz CT molecular complexity index is 153. The van der Waals surface area contributed by atoms with Crippen molar-refractivity contribution in [3.63, 3.8) is 0 Å². The van der Waals surface area contributed by atoms with Gasteiger partial charge in [0.25, 0.3) is 0 Å². The van der Waals surface area contributed by atoms with E-state index in [1.165, 1.54) is 44.9 Å². The fourth-order valence-corrected chi connectivity index (χ4v) is 2.07. The number of unbranched alkanes of at least 4 members (excludes halogenated alkanes) is 5. The molecule has 0 aromatic carbocycles. The van der Waals surface area contributed by atoms with Crippen LogP contribution in [0.25, 0.3) is 0 Å². The Morgan fingerprint density at radius 3 is 2.28 bits per heavy atom. The van der Waals surface area contributed by atoms with Crippen LogP contribution in [0.1, 0.15) is 58.3 Å². The zero-order chi connectivity index (χ0) is 13.5. The van der Waals surface area contributed by atoms with Crippen molar-refractivity contribution in [3.05, 3.63) is 0 Å². The van der Waals surface area contributed by atoms with Crippen LogP contribution in [0.2, 0.25) is 0 Å². The first-order valence-corrected chi connectivity index (χ1v) is 7.59. The molecule has 0 aliphatic carbocycles. The van der Waals surface area contributed by atoms with Crippen LogP contribution < -0.4 is 5.32 Å². The molecule has 0 saturated heterocycles. The molecule has 0 amide bonds. The van der Waals surface area contributed by atoms with Gasteiger partial charge in [0.1, 0.15) is 0 Å². The van der Waals surface area contributed by atoms with Gasteiger partial charge in [-0.3, -0.25) is 0 Å². The predicted octanol–water partition coefficient (Wildman–Crippen LogP) is 3.38. The molecule has 0 spiro atoms. The highest BCUT2D eigenvalue weighted by Gasteiger charge is 2.05. The Labute approximate surface area is 114 Å². The highest BCUT2D eigenvalue weighted by atomic mass is 16.5. The van der Waals surface area contributed by atoms with Crippen molar-refractivity contribution < 1.29 is 9.47 Å². The van der Waals surface area contributed by atoms with Crippen LogP contribution in [0.5, 0.6) is 0 Å². The van der Waals surface area contributed by atoms with Gasteiger partial charge in [-0.25, -0.2) is 0 Å². The molecule has 0 aliphatic heterocycles. The van der Waals surface area contributed by atoms with E-state index in [4.69, 9.17) is 9.47 Å². The van der Waals surface area contributed by atoms with Gasteiger partial charge in [0.2, 0.25) is 0 Å². The number of methoxy groups -OCH3 is 1. The number of hydrogen-bond acceptors (Lipinski definition) is 3. The third-order valence-electron chi connectivity index (χ3n) is 3.36. The largest absolute Gasteiger partial charge is 0.382 e. The molecule has 0 aromatic rings. The summed E-state index contributed by atoms with van der Waals surface area (Å²) in [4.78, 5) is 0. The van der Waals surface area contributed by atoms with E-state index in [2.05, 4.69) is 19.3 Å². The van der Waals surface area contributed by atoms with Crippen molar-refractivity contribution in [3.8, 4) is 0 Å². The van der Waals surface area contributed by atoms with Gasteiger partial charge in [0, 0.05) is 19.8 Å². The Kier molecular flexibility index (Phi) is 14.8. The molecule has 0 fully saturated rings. The molecule has 0 heterocycles. The van der Waals surface area contributed by atoms with Gasteiger partial charge >= 0.3 is 0 Å². The average Bonchev–Trinajstić information content (AvgIpc) is 2.40. The van der Waals surface area contributed by atoms with Gasteiger partial charge in [-0.2, -0.15) is 0 Å². The van der Waals surface area contributed by atoms with Crippen molar-refractivity contribution >= 4 is 0 Å². The van der Waals surface area contributed by atoms with Gasteiger partial charge < -0.3 is 14.8 Å². The van der Waals surface area contributed by atoms with E-state index in [1.807, 2.05) is 0 Å². The van der Waals surface area contributed by atoms with Gasteiger partial charge in [-0.1, -0.05) is 45.4 Å². The zero-order valence-electron chi connectivity index (χ0n) is 12.7. The van der Waals surface area contributed by atoms with Crippen molar-refractivity contribution in [2.75, 3.05) is 34.0 Å². The summed E-state index contributed by atoms with van der Waals surface area (Å²) in [6, 6.07) is 0.610. The summed E-state index contributed by atoms with van der Waals surface area (Å²) >= 11 is 0. The minimum atomic E-state index is 0.610. The fraction of sp³-hybridized carbons (Fsp3) is 1.00. The van der Waals surface area contributed by atoms with Crippen LogP contribution in [0.4, 0.5) is 0 Å². The molecule has 1 unspecified atom stereocenters. The lowest BCUT2D eigenvalue weighted by molar-refractivity contribution is 0.0656. The number of rotatable bonds is 14. The lowest BCUT2D eigenvalue weighted by Gasteiger charge is -2.16. The maximum Gasteiger partial charge on any atom is 0.0700 e. The monoisotopic (exact) mass is 259 g/mol. The summed E-state index contributed by atoms with van der Waals surface area (Å²) in [5.41, 5.74) is 0. The Hall–Kier alpha value is -0.120. The molecule has 0 rings (SSSR count). The molecule has 0 saturated carbocycles. The molecular formula is C15H33NO2. The Balaban J connectivity index is 3.29. The van der Waals surface area contributed by atoms with Gasteiger partial charge in [0.15, 0.2) is 0 Å². The first-order valence-electron chi connectivity index (χ1n) is 7.59. The van der Waals surface area contributed by atoms with E-state index in [0.29, 0.717) is 19.3 Å². The normalized spacial score (nSPS) is 12.8. The van der Waals surface area contributed by atoms with Gasteiger partial charge in [0.05, 0.1) is 13.2 Å². The summed E-state index contributed by atoms with van der Waals surface area (Å²) in [7, 11) is 3.76. The highest BCUT2D eigenvalue weighted by molar-refractivity contribution is 4.64. The average molecular weight is 259 g/mol. The van der Waals surface area contributed by atoms with Gasteiger partial charge in [-0.15, -0.1) is 0 Å². The van der Waals surface area contributed by atoms with E-state index in [9.17, 15) is 0 Å². The predicted molar refractivity (Wildman–Crippen MR) is 78.2 cm³/mol. The molecule has 3 nitrogen and oxygen atoms in total. The Morgan fingerprint density at radius 2 is 1.61 bits per heavy atom. The van der Waals surface area contributed by atoms with E-state index < -0.39 is 0 Å². The smallest absolute Gasteiger partial charge is 0.0700 e. The maximum atomic E-state index is 5.50. The van der Waals surface area contributed by atoms with Crippen LogP contribution in [0.15, 0.2) is 0 Å². The second-order valence-corrected chi connectivity index (χ2v) is 4.94. The van der Waals surface area contributed by atoms with E-state index in [0.717, 1.165) is 13.0 Å². The minimum Gasteiger partial charge on any atom is -0.382 e. The lowest BCUT2D eigenvalue weighted by atomic mass is 10.0. The standard InChI is InChI=1S/C15H33NO2/c1-4-5-6-7-8-9-10-15(16-2)11-12-18-14-13-17-3/h15-16H,4-14H2,1-3H3. The number of nitrogens with one attached hydrogen (secondary N) is 1. The van der Waals surface area contributed by atoms with Crippen molar-refractivity contribution in [2.24, 2.45) is 0 Å². The zero-order valence-corrected chi connectivity index (χ0v) is 12.7. The minimum absolute atomic E-state index is 0.610. The summed E-state index contributed by atoms with van der Waals surface area (Å²) in [6.07, 6.45) is 10.6. The molecule has 3 heteroatoms. The van der Waals surface area contributed by atoms with E-state index in [-0.39, 0.29) is 0 Å². The van der Waals surface area contributed by atoms with Crippen molar-refractivity contribution in [1.29, 1.82) is 0 Å². The molecule has 1 N–H and O–H groups in total. The molecule has 0 bridgehead atoms.